The molecule has 1 unspecified atom stereocenters. The third-order valence-corrected chi connectivity index (χ3v) is 3.24. The molecule has 0 aliphatic heterocycles. The zero-order valence-corrected chi connectivity index (χ0v) is 11.8. The highest BCUT2D eigenvalue weighted by molar-refractivity contribution is 9.10. The summed E-state index contributed by atoms with van der Waals surface area (Å²) in [6.07, 6.45) is 2.61. The van der Waals surface area contributed by atoms with Gasteiger partial charge >= 0.3 is 0 Å². The standard InChI is InChI=1S/C13H16BrN3O/c1-2-6-17-12(9-15-16-17)13(18)8-10-4-3-5-11(14)7-10/h3-5,7,9,13,18H,2,6,8H2,1H3. The topological polar surface area (TPSA) is 50.9 Å². The number of hydrogen-bond acceptors (Lipinski definition) is 3. The van der Waals surface area contributed by atoms with Gasteiger partial charge in [-0.2, -0.15) is 0 Å². The zero-order valence-electron chi connectivity index (χ0n) is 10.3. The largest absolute Gasteiger partial charge is 0.386 e. The van der Waals surface area contributed by atoms with Gasteiger partial charge in [-0.25, -0.2) is 4.68 Å². The minimum Gasteiger partial charge on any atom is -0.386 e. The number of aryl methyl sites for hydroxylation is 1. The van der Waals surface area contributed by atoms with Crippen molar-refractivity contribution in [3.05, 3.63) is 46.2 Å². The van der Waals surface area contributed by atoms with Gasteiger partial charge in [0.2, 0.25) is 0 Å². The van der Waals surface area contributed by atoms with E-state index in [0.717, 1.165) is 28.7 Å². The maximum Gasteiger partial charge on any atom is 0.101 e. The Morgan fingerprint density at radius 3 is 3.00 bits per heavy atom. The summed E-state index contributed by atoms with van der Waals surface area (Å²) < 4.78 is 2.79. The SMILES string of the molecule is CCCn1nncc1C(O)Cc1cccc(Br)c1. The molecule has 1 atom stereocenters. The first-order valence-corrected chi connectivity index (χ1v) is 6.81. The highest BCUT2D eigenvalue weighted by atomic mass is 79.9. The fraction of sp³-hybridized carbons (Fsp3) is 0.385. The van der Waals surface area contributed by atoms with E-state index in [-0.39, 0.29) is 0 Å². The van der Waals surface area contributed by atoms with Crippen molar-refractivity contribution in [1.82, 2.24) is 15.0 Å². The minimum absolute atomic E-state index is 0.566. The summed E-state index contributed by atoms with van der Waals surface area (Å²) in [5.41, 5.74) is 1.86. The fourth-order valence-electron chi connectivity index (χ4n) is 1.90. The number of aliphatic hydroxyl groups is 1. The zero-order chi connectivity index (χ0) is 13.0. The van der Waals surface area contributed by atoms with Gasteiger partial charge in [-0.3, -0.25) is 0 Å². The van der Waals surface area contributed by atoms with Crippen LogP contribution >= 0.6 is 15.9 Å². The van der Waals surface area contributed by atoms with Gasteiger partial charge in [-0.05, 0) is 24.1 Å². The highest BCUT2D eigenvalue weighted by Gasteiger charge is 2.14. The molecule has 1 N–H and O–H groups in total. The third-order valence-electron chi connectivity index (χ3n) is 2.74. The molecule has 1 aromatic carbocycles. The Kier molecular flexibility index (Phi) is 4.49. The molecule has 1 aromatic heterocycles. The van der Waals surface area contributed by atoms with Crippen LogP contribution in [-0.2, 0) is 13.0 Å². The van der Waals surface area contributed by atoms with Crippen molar-refractivity contribution in [3.63, 3.8) is 0 Å². The van der Waals surface area contributed by atoms with Gasteiger partial charge in [-0.15, -0.1) is 5.10 Å². The fourth-order valence-corrected chi connectivity index (χ4v) is 2.35. The summed E-state index contributed by atoms with van der Waals surface area (Å²) in [4.78, 5) is 0. The number of benzene rings is 1. The van der Waals surface area contributed by atoms with E-state index in [2.05, 4.69) is 33.2 Å². The summed E-state index contributed by atoms with van der Waals surface area (Å²) in [7, 11) is 0. The summed E-state index contributed by atoms with van der Waals surface area (Å²) in [6.45, 7) is 2.86. The van der Waals surface area contributed by atoms with Crippen LogP contribution in [0.3, 0.4) is 0 Å². The smallest absolute Gasteiger partial charge is 0.101 e. The summed E-state index contributed by atoms with van der Waals surface area (Å²) in [5.74, 6) is 0. The molecule has 0 amide bonds. The predicted molar refractivity (Wildman–Crippen MR) is 73.1 cm³/mol. The molecule has 1 heterocycles. The van der Waals surface area contributed by atoms with E-state index in [1.807, 2.05) is 24.3 Å². The number of aromatic nitrogens is 3. The summed E-state index contributed by atoms with van der Waals surface area (Å²) >= 11 is 3.43. The van der Waals surface area contributed by atoms with Gasteiger partial charge < -0.3 is 5.11 Å². The lowest BCUT2D eigenvalue weighted by Gasteiger charge is -2.12. The van der Waals surface area contributed by atoms with E-state index in [9.17, 15) is 5.11 Å². The van der Waals surface area contributed by atoms with Crippen molar-refractivity contribution in [1.29, 1.82) is 0 Å². The lowest BCUT2D eigenvalue weighted by molar-refractivity contribution is 0.166. The molecule has 0 fully saturated rings. The first kappa shape index (κ1) is 13.2. The van der Waals surface area contributed by atoms with Crippen molar-refractivity contribution in [2.45, 2.75) is 32.4 Å². The molecule has 0 bridgehead atoms. The quantitative estimate of drug-likeness (QED) is 0.924. The number of nitrogens with zero attached hydrogens (tertiary/aromatic N) is 3. The summed E-state index contributed by atoms with van der Waals surface area (Å²) in [5, 5.41) is 18.1. The lowest BCUT2D eigenvalue weighted by Crippen LogP contribution is -2.11. The monoisotopic (exact) mass is 309 g/mol. The van der Waals surface area contributed by atoms with Crippen LogP contribution in [0.25, 0.3) is 0 Å². The highest BCUT2D eigenvalue weighted by Crippen LogP contribution is 2.20. The second-order valence-electron chi connectivity index (χ2n) is 4.23. The second-order valence-corrected chi connectivity index (χ2v) is 5.15. The van der Waals surface area contributed by atoms with Crippen molar-refractivity contribution < 1.29 is 5.11 Å². The van der Waals surface area contributed by atoms with Crippen LogP contribution in [0.5, 0.6) is 0 Å². The van der Waals surface area contributed by atoms with Crippen LogP contribution in [0, 0.1) is 0 Å². The maximum absolute atomic E-state index is 10.2. The first-order valence-electron chi connectivity index (χ1n) is 6.01. The minimum atomic E-state index is -0.569. The van der Waals surface area contributed by atoms with Crippen LogP contribution in [-0.4, -0.2) is 20.1 Å². The Hall–Kier alpha value is -1.20. The average Bonchev–Trinajstić information content (AvgIpc) is 2.78. The Morgan fingerprint density at radius 2 is 2.28 bits per heavy atom. The number of aliphatic hydroxyl groups excluding tert-OH is 1. The van der Waals surface area contributed by atoms with Gasteiger partial charge in [0.1, 0.15) is 6.10 Å². The lowest BCUT2D eigenvalue weighted by atomic mass is 10.1. The molecule has 5 heteroatoms. The molecule has 0 spiro atoms. The molecule has 4 nitrogen and oxygen atoms in total. The molecular weight excluding hydrogens is 294 g/mol. The van der Waals surface area contributed by atoms with Crippen LogP contribution in [0.15, 0.2) is 34.9 Å². The Balaban J connectivity index is 2.11. The van der Waals surface area contributed by atoms with Gasteiger partial charge in [0, 0.05) is 17.4 Å². The van der Waals surface area contributed by atoms with Crippen molar-refractivity contribution in [3.8, 4) is 0 Å². The van der Waals surface area contributed by atoms with E-state index in [4.69, 9.17) is 0 Å². The number of rotatable bonds is 5. The van der Waals surface area contributed by atoms with E-state index in [0.29, 0.717) is 6.42 Å². The summed E-state index contributed by atoms with van der Waals surface area (Å²) in [6, 6.07) is 7.95. The number of halogens is 1. The predicted octanol–water partition coefficient (Wildman–Crippen LogP) is 2.73. The van der Waals surface area contributed by atoms with E-state index < -0.39 is 6.10 Å². The van der Waals surface area contributed by atoms with Crippen molar-refractivity contribution >= 4 is 15.9 Å². The number of hydrogen-bond donors (Lipinski definition) is 1. The average molecular weight is 310 g/mol. The van der Waals surface area contributed by atoms with E-state index in [1.54, 1.807) is 10.9 Å². The molecule has 0 saturated heterocycles. The second kappa shape index (κ2) is 6.11. The van der Waals surface area contributed by atoms with Gasteiger partial charge in [0.25, 0.3) is 0 Å². The maximum atomic E-state index is 10.2. The molecule has 96 valence electrons. The Morgan fingerprint density at radius 1 is 1.44 bits per heavy atom. The molecule has 2 aromatic rings. The molecule has 0 aliphatic rings. The molecular formula is C13H16BrN3O. The van der Waals surface area contributed by atoms with Gasteiger partial charge in [-0.1, -0.05) is 40.2 Å². The van der Waals surface area contributed by atoms with Crippen LogP contribution < -0.4 is 0 Å². The van der Waals surface area contributed by atoms with E-state index >= 15 is 0 Å². The normalized spacial score (nSPS) is 12.6. The van der Waals surface area contributed by atoms with Crippen molar-refractivity contribution in [2.24, 2.45) is 0 Å². The molecule has 2 rings (SSSR count). The first-order chi connectivity index (χ1) is 8.70. The van der Waals surface area contributed by atoms with Gasteiger partial charge in [0.05, 0.1) is 11.9 Å². The van der Waals surface area contributed by atoms with Gasteiger partial charge in [0.15, 0.2) is 0 Å². The Labute approximate surface area is 115 Å². The molecule has 0 aliphatic carbocycles. The van der Waals surface area contributed by atoms with Crippen LogP contribution in [0.4, 0.5) is 0 Å². The molecule has 0 radical (unpaired) electrons. The Bertz CT molecular complexity index is 512. The third kappa shape index (κ3) is 3.17. The van der Waals surface area contributed by atoms with Crippen LogP contribution in [0.1, 0.15) is 30.7 Å². The molecule has 0 saturated carbocycles. The van der Waals surface area contributed by atoms with Crippen LogP contribution in [0.2, 0.25) is 0 Å². The molecule has 18 heavy (non-hydrogen) atoms. The van der Waals surface area contributed by atoms with E-state index in [1.165, 1.54) is 0 Å². The van der Waals surface area contributed by atoms with Crippen molar-refractivity contribution in [2.75, 3.05) is 0 Å².